The Kier molecular flexibility index (Phi) is 2.82. The standard InChI is InChI=1S/C8H17NO3/c1-6(5-10)9-7(11)12-8(2,3)4/h6,10H,5H2,1-4H3,(H,9,11)/t6-/m0/s1/i5D2. The Balaban J connectivity index is 4.09. The van der Waals surface area contributed by atoms with Gasteiger partial charge in [-0.2, -0.15) is 0 Å². The van der Waals surface area contributed by atoms with Gasteiger partial charge in [0.2, 0.25) is 0 Å². The molecule has 4 heteroatoms. The molecule has 0 aromatic heterocycles. The van der Waals surface area contributed by atoms with Crippen molar-refractivity contribution in [1.29, 1.82) is 0 Å². The maximum Gasteiger partial charge on any atom is 0.407 e. The number of amides is 1. The van der Waals surface area contributed by atoms with E-state index >= 15 is 0 Å². The summed E-state index contributed by atoms with van der Waals surface area (Å²) in [6, 6.07) is -1.02. The van der Waals surface area contributed by atoms with E-state index in [0.29, 0.717) is 0 Å². The van der Waals surface area contributed by atoms with Crippen LogP contribution in [0.15, 0.2) is 0 Å². The van der Waals surface area contributed by atoms with Crippen LogP contribution in [0, 0.1) is 0 Å². The summed E-state index contributed by atoms with van der Waals surface area (Å²) in [4.78, 5) is 11.1. The van der Waals surface area contributed by atoms with Gasteiger partial charge in [-0.05, 0) is 27.7 Å². The number of nitrogens with one attached hydrogen (secondary N) is 1. The largest absolute Gasteiger partial charge is 0.444 e. The van der Waals surface area contributed by atoms with Gasteiger partial charge in [0.15, 0.2) is 0 Å². The Bertz CT molecular complexity index is 208. The van der Waals surface area contributed by atoms with E-state index in [-0.39, 0.29) is 0 Å². The summed E-state index contributed by atoms with van der Waals surface area (Å²) < 4.78 is 18.7. The molecule has 2 N–H and O–H groups in total. The maximum absolute atomic E-state index is 11.1. The first-order chi connectivity index (χ1) is 6.02. The summed E-state index contributed by atoms with van der Waals surface area (Å²) in [5, 5.41) is 11.1. The fourth-order valence-corrected chi connectivity index (χ4v) is 0.517. The molecule has 1 amide bonds. The van der Waals surface area contributed by atoms with Gasteiger partial charge in [-0.1, -0.05) is 0 Å². The first-order valence-corrected chi connectivity index (χ1v) is 3.74. The molecule has 0 bridgehead atoms. The van der Waals surface area contributed by atoms with Crippen LogP contribution < -0.4 is 5.32 Å². The van der Waals surface area contributed by atoms with Gasteiger partial charge in [-0.3, -0.25) is 0 Å². The Morgan fingerprint density at radius 1 is 1.75 bits per heavy atom. The van der Waals surface area contributed by atoms with Crippen LogP contribution >= 0.6 is 0 Å². The number of rotatable bonds is 2. The topological polar surface area (TPSA) is 58.6 Å². The number of hydrogen-bond acceptors (Lipinski definition) is 3. The summed E-state index contributed by atoms with van der Waals surface area (Å²) in [6.45, 7) is 4.00. The molecule has 0 aromatic rings. The van der Waals surface area contributed by atoms with Crippen LogP contribution in [0.1, 0.15) is 30.4 Å². The average molecular weight is 177 g/mol. The highest BCUT2D eigenvalue weighted by Gasteiger charge is 2.16. The lowest BCUT2D eigenvalue weighted by atomic mass is 10.2. The third-order valence-electron chi connectivity index (χ3n) is 0.927. The molecule has 0 unspecified atom stereocenters. The van der Waals surface area contributed by atoms with Gasteiger partial charge in [0.05, 0.1) is 15.3 Å². The molecule has 0 aliphatic heterocycles. The smallest absolute Gasteiger partial charge is 0.407 e. The van der Waals surface area contributed by atoms with Crippen LogP contribution in [0.25, 0.3) is 0 Å². The summed E-state index contributed by atoms with van der Waals surface area (Å²) in [5.41, 5.74) is -0.633. The fourth-order valence-electron chi connectivity index (χ4n) is 0.517. The predicted molar refractivity (Wildman–Crippen MR) is 45.9 cm³/mol. The number of hydrogen-bond donors (Lipinski definition) is 2. The first-order valence-electron chi connectivity index (χ1n) is 4.74. The van der Waals surface area contributed by atoms with Crippen LogP contribution in [-0.2, 0) is 4.74 Å². The van der Waals surface area contributed by atoms with Gasteiger partial charge in [-0.25, -0.2) is 4.79 Å². The minimum atomic E-state index is -2.45. The number of carbonyl (C=O) groups excluding carboxylic acids is 1. The van der Waals surface area contributed by atoms with Gasteiger partial charge in [-0.15, -0.1) is 0 Å². The highest BCUT2D eigenvalue weighted by atomic mass is 16.6. The molecular weight excluding hydrogens is 158 g/mol. The number of alkyl carbamates (subject to hydrolysis) is 1. The van der Waals surface area contributed by atoms with E-state index < -0.39 is 24.3 Å². The zero-order valence-corrected chi connectivity index (χ0v) is 7.84. The highest BCUT2D eigenvalue weighted by molar-refractivity contribution is 5.67. The second kappa shape index (κ2) is 4.30. The van der Waals surface area contributed by atoms with Crippen molar-refractivity contribution < 1.29 is 17.4 Å². The minimum absolute atomic E-state index is 0.633. The molecule has 0 radical (unpaired) electrons. The van der Waals surface area contributed by atoms with E-state index in [1.54, 1.807) is 20.8 Å². The minimum Gasteiger partial charge on any atom is -0.444 e. The van der Waals surface area contributed by atoms with Crippen LogP contribution in [0.3, 0.4) is 0 Å². The summed E-state index contributed by atoms with van der Waals surface area (Å²) in [5.74, 6) is 0. The van der Waals surface area contributed by atoms with Crippen LogP contribution in [0.4, 0.5) is 4.79 Å². The molecule has 0 fully saturated rings. The molecule has 1 atom stereocenters. The Morgan fingerprint density at radius 3 is 2.58 bits per heavy atom. The molecule has 0 aliphatic rings. The summed E-state index contributed by atoms with van der Waals surface area (Å²) >= 11 is 0. The average Bonchev–Trinajstić information content (AvgIpc) is 1.79. The molecular formula is C8H17NO3. The monoisotopic (exact) mass is 177 g/mol. The molecule has 72 valence electrons. The van der Waals surface area contributed by atoms with Crippen molar-refractivity contribution in [1.82, 2.24) is 5.32 Å². The van der Waals surface area contributed by atoms with E-state index in [1.165, 1.54) is 6.92 Å². The SMILES string of the molecule is [2H]C([2H])(O)[C@H](C)NC(=O)OC(C)(C)C. The lowest BCUT2D eigenvalue weighted by Crippen LogP contribution is -2.39. The Hall–Kier alpha value is -0.770. The van der Waals surface area contributed by atoms with Gasteiger partial charge in [0.25, 0.3) is 0 Å². The Morgan fingerprint density at radius 2 is 2.25 bits per heavy atom. The van der Waals surface area contributed by atoms with Gasteiger partial charge in [0, 0.05) is 0 Å². The fraction of sp³-hybridized carbons (Fsp3) is 0.875. The molecule has 0 heterocycles. The summed E-state index contributed by atoms with van der Waals surface area (Å²) in [7, 11) is 0. The van der Waals surface area contributed by atoms with Crippen molar-refractivity contribution in [3.05, 3.63) is 0 Å². The molecule has 0 spiro atoms. The quantitative estimate of drug-likeness (QED) is 0.658. The molecule has 0 aliphatic carbocycles. The van der Waals surface area contributed by atoms with E-state index in [4.69, 9.17) is 12.6 Å². The van der Waals surface area contributed by atoms with Crippen molar-refractivity contribution in [2.24, 2.45) is 0 Å². The summed E-state index contributed by atoms with van der Waals surface area (Å²) in [6.07, 6.45) is -0.747. The molecule has 0 saturated carbocycles. The maximum atomic E-state index is 11.1. The zero-order chi connectivity index (χ0) is 11.6. The second-order valence-corrected chi connectivity index (χ2v) is 3.50. The number of carbonyl (C=O) groups is 1. The van der Waals surface area contributed by atoms with Crippen molar-refractivity contribution in [2.75, 3.05) is 6.56 Å². The molecule has 0 rings (SSSR count). The number of aliphatic hydroxyl groups is 1. The zero-order valence-electron chi connectivity index (χ0n) is 9.84. The lowest BCUT2D eigenvalue weighted by Gasteiger charge is -2.21. The van der Waals surface area contributed by atoms with Crippen molar-refractivity contribution in [2.45, 2.75) is 39.3 Å². The van der Waals surface area contributed by atoms with Crippen LogP contribution in [0.5, 0.6) is 0 Å². The third kappa shape index (κ3) is 5.97. The van der Waals surface area contributed by atoms with Crippen LogP contribution in [-0.4, -0.2) is 29.4 Å². The normalized spacial score (nSPS) is 17.4. The first kappa shape index (κ1) is 7.86. The van der Waals surface area contributed by atoms with E-state index in [2.05, 4.69) is 5.32 Å². The molecule has 0 aromatic carbocycles. The Labute approximate surface area is 75.7 Å². The van der Waals surface area contributed by atoms with E-state index in [0.717, 1.165) is 0 Å². The number of ether oxygens (including phenoxy) is 1. The second-order valence-electron chi connectivity index (χ2n) is 3.50. The molecule has 0 saturated heterocycles. The van der Waals surface area contributed by atoms with Crippen molar-refractivity contribution in [3.63, 3.8) is 0 Å². The lowest BCUT2D eigenvalue weighted by molar-refractivity contribution is 0.0489. The molecule has 12 heavy (non-hydrogen) atoms. The van der Waals surface area contributed by atoms with Gasteiger partial charge in [0.1, 0.15) is 5.60 Å². The van der Waals surface area contributed by atoms with Crippen molar-refractivity contribution in [3.8, 4) is 0 Å². The third-order valence-corrected chi connectivity index (χ3v) is 0.927. The van der Waals surface area contributed by atoms with Gasteiger partial charge < -0.3 is 15.2 Å². The van der Waals surface area contributed by atoms with Crippen LogP contribution in [0.2, 0.25) is 0 Å². The van der Waals surface area contributed by atoms with Gasteiger partial charge >= 0.3 is 6.09 Å². The molecule has 4 nitrogen and oxygen atoms in total. The highest BCUT2D eigenvalue weighted by Crippen LogP contribution is 2.06. The predicted octanol–water partition coefficient (Wildman–Crippen LogP) is 0.892. The van der Waals surface area contributed by atoms with E-state index in [9.17, 15) is 4.79 Å². The van der Waals surface area contributed by atoms with Crippen molar-refractivity contribution >= 4 is 6.09 Å². The van der Waals surface area contributed by atoms with E-state index in [1.807, 2.05) is 0 Å².